The van der Waals surface area contributed by atoms with Gasteiger partial charge in [-0.15, -0.1) is 0 Å². The summed E-state index contributed by atoms with van der Waals surface area (Å²) in [5, 5.41) is 3.41. The molecule has 1 rings (SSSR count). The number of ether oxygens (including phenoxy) is 2. The summed E-state index contributed by atoms with van der Waals surface area (Å²) >= 11 is 0. The van der Waals surface area contributed by atoms with Crippen molar-refractivity contribution < 1.29 is 9.47 Å². The Hall–Kier alpha value is -0.120. The summed E-state index contributed by atoms with van der Waals surface area (Å²) in [6, 6.07) is 0. The van der Waals surface area contributed by atoms with Crippen LogP contribution in [0.3, 0.4) is 0 Å². The topological polar surface area (TPSA) is 30.5 Å². The lowest BCUT2D eigenvalue weighted by atomic mass is 10.1. The Balaban J connectivity index is 1.82. The molecule has 0 spiro atoms. The maximum Gasteiger partial charge on any atom is 0.0587 e. The monoisotopic (exact) mass is 201 g/mol. The molecule has 0 aromatic rings. The van der Waals surface area contributed by atoms with E-state index >= 15 is 0 Å². The van der Waals surface area contributed by atoms with Crippen LogP contribution in [0.1, 0.15) is 32.1 Å². The van der Waals surface area contributed by atoms with Gasteiger partial charge in [-0.2, -0.15) is 0 Å². The van der Waals surface area contributed by atoms with Crippen molar-refractivity contribution in [1.82, 2.24) is 5.32 Å². The zero-order chi connectivity index (χ0) is 10.1. The van der Waals surface area contributed by atoms with Gasteiger partial charge >= 0.3 is 0 Å². The van der Waals surface area contributed by atoms with Crippen LogP contribution >= 0.6 is 0 Å². The molecule has 0 aromatic carbocycles. The van der Waals surface area contributed by atoms with E-state index in [-0.39, 0.29) is 0 Å². The quantitative estimate of drug-likeness (QED) is 0.634. The van der Waals surface area contributed by atoms with Crippen molar-refractivity contribution in [2.45, 2.75) is 38.2 Å². The van der Waals surface area contributed by atoms with Gasteiger partial charge in [-0.1, -0.05) is 0 Å². The van der Waals surface area contributed by atoms with Crippen molar-refractivity contribution in [3.63, 3.8) is 0 Å². The molecule has 0 aliphatic carbocycles. The Bertz CT molecular complexity index is 124. The fourth-order valence-electron chi connectivity index (χ4n) is 1.76. The van der Waals surface area contributed by atoms with Crippen molar-refractivity contribution in [3.8, 4) is 0 Å². The van der Waals surface area contributed by atoms with Crippen LogP contribution in [0, 0.1) is 0 Å². The SMILES string of the molecule is COCCCNCCC1CCCCO1. The van der Waals surface area contributed by atoms with Gasteiger partial charge in [-0.05, 0) is 45.2 Å². The van der Waals surface area contributed by atoms with E-state index in [1.807, 2.05) is 0 Å². The first-order chi connectivity index (χ1) is 6.93. The first-order valence-electron chi connectivity index (χ1n) is 5.74. The lowest BCUT2D eigenvalue weighted by Gasteiger charge is -2.22. The lowest BCUT2D eigenvalue weighted by Crippen LogP contribution is -2.26. The molecule has 1 heterocycles. The Morgan fingerprint density at radius 2 is 2.29 bits per heavy atom. The van der Waals surface area contributed by atoms with Crippen molar-refractivity contribution in [2.24, 2.45) is 0 Å². The Morgan fingerprint density at radius 3 is 3.00 bits per heavy atom. The van der Waals surface area contributed by atoms with Crippen LogP contribution in [-0.2, 0) is 9.47 Å². The molecular weight excluding hydrogens is 178 g/mol. The fraction of sp³-hybridized carbons (Fsp3) is 1.00. The van der Waals surface area contributed by atoms with E-state index < -0.39 is 0 Å². The summed E-state index contributed by atoms with van der Waals surface area (Å²) in [5.74, 6) is 0. The minimum Gasteiger partial charge on any atom is -0.385 e. The number of rotatable bonds is 7. The van der Waals surface area contributed by atoms with Crippen LogP contribution in [0.2, 0.25) is 0 Å². The normalized spacial score (nSPS) is 22.5. The molecule has 1 aliphatic rings. The smallest absolute Gasteiger partial charge is 0.0587 e. The second kappa shape index (κ2) is 8.21. The molecular formula is C11H23NO2. The minimum absolute atomic E-state index is 0.513. The fourth-order valence-corrected chi connectivity index (χ4v) is 1.76. The van der Waals surface area contributed by atoms with Gasteiger partial charge in [0.1, 0.15) is 0 Å². The summed E-state index contributed by atoms with van der Waals surface area (Å²) < 4.78 is 10.6. The van der Waals surface area contributed by atoms with Crippen molar-refractivity contribution >= 4 is 0 Å². The van der Waals surface area contributed by atoms with E-state index in [2.05, 4.69) is 5.32 Å². The van der Waals surface area contributed by atoms with Crippen molar-refractivity contribution in [1.29, 1.82) is 0 Å². The summed E-state index contributed by atoms with van der Waals surface area (Å²) in [7, 11) is 1.75. The van der Waals surface area contributed by atoms with Crippen LogP contribution in [0.5, 0.6) is 0 Å². The first-order valence-corrected chi connectivity index (χ1v) is 5.74. The molecule has 0 aromatic heterocycles. The van der Waals surface area contributed by atoms with E-state index in [0.717, 1.165) is 39.1 Å². The van der Waals surface area contributed by atoms with Gasteiger partial charge in [-0.3, -0.25) is 0 Å². The van der Waals surface area contributed by atoms with Crippen LogP contribution < -0.4 is 5.32 Å². The molecule has 0 amide bonds. The number of hydrogen-bond acceptors (Lipinski definition) is 3. The standard InChI is InChI=1S/C11H23NO2/c1-13-9-4-7-12-8-6-11-5-2-3-10-14-11/h11-12H,2-10H2,1H3. The first kappa shape index (κ1) is 12.0. The number of hydrogen-bond donors (Lipinski definition) is 1. The van der Waals surface area contributed by atoms with Crippen LogP contribution in [-0.4, -0.2) is 39.5 Å². The van der Waals surface area contributed by atoms with Gasteiger partial charge < -0.3 is 14.8 Å². The highest BCUT2D eigenvalue weighted by atomic mass is 16.5. The van der Waals surface area contributed by atoms with Crippen LogP contribution in [0.4, 0.5) is 0 Å². The van der Waals surface area contributed by atoms with Gasteiger partial charge in [0.2, 0.25) is 0 Å². The molecule has 3 heteroatoms. The Labute approximate surface area is 87.2 Å². The van der Waals surface area contributed by atoms with Gasteiger partial charge in [0, 0.05) is 20.3 Å². The van der Waals surface area contributed by atoms with Gasteiger partial charge in [0.05, 0.1) is 6.10 Å². The van der Waals surface area contributed by atoms with E-state index in [0.29, 0.717) is 6.10 Å². The summed E-state index contributed by atoms with van der Waals surface area (Å²) in [4.78, 5) is 0. The second-order valence-electron chi connectivity index (χ2n) is 3.87. The lowest BCUT2D eigenvalue weighted by molar-refractivity contribution is 0.0115. The number of methoxy groups -OCH3 is 1. The zero-order valence-corrected chi connectivity index (χ0v) is 9.26. The molecule has 1 atom stereocenters. The summed E-state index contributed by atoms with van der Waals surface area (Å²) in [5.41, 5.74) is 0. The van der Waals surface area contributed by atoms with Crippen LogP contribution in [0.15, 0.2) is 0 Å². The maximum absolute atomic E-state index is 5.64. The number of nitrogens with one attached hydrogen (secondary N) is 1. The van der Waals surface area contributed by atoms with Gasteiger partial charge in [0.25, 0.3) is 0 Å². The van der Waals surface area contributed by atoms with Gasteiger partial charge in [-0.25, -0.2) is 0 Å². The highest BCUT2D eigenvalue weighted by Crippen LogP contribution is 2.14. The van der Waals surface area contributed by atoms with Gasteiger partial charge in [0.15, 0.2) is 0 Å². The molecule has 1 saturated heterocycles. The third kappa shape index (κ3) is 5.58. The molecule has 84 valence electrons. The van der Waals surface area contributed by atoms with E-state index in [4.69, 9.17) is 9.47 Å². The van der Waals surface area contributed by atoms with Crippen LogP contribution in [0.25, 0.3) is 0 Å². The molecule has 0 radical (unpaired) electrons. The Kier molecular flexibility index (Phi) is 7.01. The third-order valence-electron chi connectivity index (χ3n) is 2.62. The maximum atomic E-state index is 5.64. The predicted octanol–water partition coefficient (Wildman–Crippen LogP) is 1.57. The predicted molar refractivity (Wildman–Crippen MR) is 57.6 cm³/mol. The summed E-state index contributed by atoms with van der Waals surface area (Å²) in [6.07, 6.45) is 6.61. The third-order valence-corrected chi connectivity index (χ3v) is 2.62. The molecule has 1 fully saturated rings. The van der Waals surface area contributed by atoms with E-state index in [9.17, 15) is 0 Å². The average Bonchev–Trinajstić information content (AvgIpc) is 2.25. The molecule has 0 saturated carbocycles. The average molecular weight is 201 g/mol. The van der Waals surface area contributed by atoms with Crippen molar-refractivity contribution in [2.75, 3.05) is 33.4 Å². The second-order valence-corrected chi connectivity index (χ2v) is 3.87. The highest BCUT2D eigenvalue weighted by molar-refractivity contribution is 4.64. The van der Waals surface area contributed by atoms with E-state index in [1.165, 1.54) is 19.3 Å². The molecule has 0 bridgehead atoms. The summed E-state index contributed by atoms with van der Waals surface area (Å²) in [6.45, 7) is 3.95. The Morgan fingerprint density at radius 1 is 1.36 bits per heavy atom. The van der Waals surface area contributed by atoms with E-state index in [1.54, 1.807) is 7.11 Å². The largest absolute Gasteiger partial charge is 0.385 e. The molecule has 14 heavy (non-hydrogen) atoms. The molecule has 1 unspecified atom stereocenters. The molecule has 1 aliphatic heterocycles. The highest BCUT2D eigenvalue weighted by Gasteiger charge is 2.12. The molecule has 3 nitrogen and oxygen atoms in total. The van der Waals surface area contributed by atoms with Crippen molar-refractivity contribution in [3.05, 3.63) is 0 Å². The zero-order valence-electron chi connectivity index (χ0n) is 9.26. The minimum atomic E-state index is 0.513. The molecule has 1 N–H and O–H groups in total.